The number of allylic oxidation sites excluding steroid dienone is 5. The average Bonchev–Trinajstić information content (AvgIpc) is 2.79. The van der Waals surface area contributed by atoms with E-state index >= 15 is 0 Å². The van der Waals surface area contributed by atoms with Crippen molar-refractivity contribution in [3.8, 4) is 28.7 Å². The zero-order chi connectivity index (χ0) is 26.6. The molecule has 0 bridgehead atoms. The molecule has 1 heterocycles. The summed E-state index contributed by atoms with van der Waals surface area (Å²) in [6.45, 7) is 9.77. The molecule has 0 aromatic heterocycles. The number of rotatable bonds is 8. The van der Waals surface area contributed by atoms with Crippen molar-refractivity contribution in [2.24, 2.45) is 0 Å². The topological polar surface area (TPSA) is 107 Å². The van der Waals surface area contributed by atoms with Gasteiger partial charge in [0.2, 0.25) is 0 Å². The van der Waals surface area contributed by atoms with Crippen LogP contribution in [0, 0.1) is 0 Å². The van der Waals surface area contributed by atoms with Crippen LogP contribution >= 0.6 is 0 Å². The van der Waals surface area contributed by atoms with E-state index < -0.39 is 11.4 Å². The monoisotopic (exact) mass is 490 g/mol. The van der Waals surface area contributed by atoms with Crippen molar-refractivity contribution in [1.82, 2.24) is 0 Å². The first-order valence-electron chi connectivity index (χ1n) is 11.9. The molecule has 6 heteroatoms. The van der Waals surface area contributed by atoms with Crippen LogP contribution in [0.5, 0.6) is 28.7 Å². The van der Waals surface area contributed by atoms with Crippen molar-refractivity contribution in [2.75, 3.05) is 0 Å². The summed E-state index contributed by atoms with van der Waals surface area (Å²) in [5, 5.41) is 41.5. The lowest BCUT2D eigenvalue weighted by molar-refractivity contribution is 0.101. The normalized spacial score (nSPS) is 16.4. The van der Waals surface area contributed by atoms with Crippen LogP contribution in [0.15, 0.2) is 53.6 Å². The Bertz CT molecular complexity index is 1290. The minimum Gasteiger partial charge on any atom is -0.507 e. The standard InChI is InChI=1S/C30H34O6/c1-18(2)7-6-15-30(5)16-14-22-27(34)21(11-8-19(3)4)28(35)26(29(22)36-30)24(32)13-10-20-9-12-23(31)25(33)17-20/h7-10,12-14,16-17,31,33-35H,6,11,15H2,1-5H3/b13-10+. The quantitative estimate of drug-likeness (QED) is 0.140. The average molecular weight is 491 g/mol. The van der Waals surface area contributed by atoms with Crippen molar-refractivity contribution < 1.29 is 30.0 Å². The lowest BCUT2D eigenvalue weighted by atomic mass is 9.89. The van der Waals surface area contributed by atoms with Gasteiger partial charge in [0, 0.05) is 5.56 Å². The molecule has 36 heavy (non-hydrogen) atoms. The Labute approximate surface area is 212 Å². The number of phenols is 4. The van der Waals surface area contributed by atoms with E-state index in [0.717, 1.165) is 12.0 Å². The fourth-order valence-electron chi connectivity index (χ4n) is 3.97. The van der Waals surface area contributed by atoms with Gasteiger partial charge in [-0.25, -0.2) is 0 Å². The van der Waals surface area contributed by atoms with E-state index in [-0.39, 0.29) is 46.3 Å². The van der Waals surface area contributed by atoms with Gasteiger partial charge in [0.15, 0.2) is 17.3 Å². The van der Waals surface area contributed by atoms with Gasteiger partial charge in [0.05, 0.1) is 5.56 Å². The first-order valence-corrected chi connectivity index (χ1v) is 11.9. The highest BCUT2D eigenvalue weighted by molar-refractivity contribution is 6.12. The molecule has 4 N–H and O–H groups in total. The molecule has 0 saturated carbocycles. The molecular weight excluding hydrogens is 456 g/mol. The molecule has 1 unspecified atom stereocenters. The fraction of sp³-hybridized carbons (Fsp3) is 0.300. The molecule has 0 fully saturated rings. The largest absolute Gasteiger partial charge is 0.507 e. The number of fused-ring (bicyclic) bond motifs is 1. The SMILES string of the molecule is CC(C)=CCCC1(C)C=Cc2c(O)c(CC=C(C)C)c(O)c(C(=O)/C=C/c3ccc(O)c(O)c3)c2O1. The third-order valence-electron chi connectivity index (χ3n) is 6.05. The highest BCUT2D eigenvalue weighted by atomic mass is 16.5. The molecule has 1 atom stereocenters. The second-order valence-corrected chi connectivity index (χ2v) is 9.79. The van der Waals surface area contributed by atoms with Crippen LogP contribution in [0.25, 0.3) is 12.2 Å². The first kappa shape index (κ1) is 26.7. The van der Waals surface area contributed by atoms with Gasteiger partial charge in [-0.1, -0.05) is 35.4 Å². The molecule has 2 aromatic carbocycles. The number of ketones is 1. The summed E-state index contributed by atoms with van der Waals surface area (Å²) in [5.74, 6) is -1.40. The molecule has 3 rings (SSSR count). The van der Waals surface area contributed by atoms with Crippen molar-refractivity contribution in [2.45, 2.75) is 59.5 Å². The van der Waals surface area contributed by atoms with Gasteiger partial charge in [0.25, 0.3) is 0 Å². The van der Waals surface area contributed by atoms with E-state index in [1.165, 1.54) is 29.9 Å². The van der Waals surface area contributed by atoms with E-state index in [1.54, 1.807) is 12.1 Å². The Balaban J connectivity index is 2.10. The van der Waals surface area contributed by atoms with Crippen LogP contribution in [-0.4, -0.2) is 31.8 Å². The minimum absolute atomic E-state index is 0.0306. The number of phenolic OH excluding ortho intramolecular Hbond substituents is 4. The molecule has 0 amide bonds. The van der Waals surface area contributed by atoms with E-state index in [4.69, 9.17) is 4.74 Å². The molecule has 0 radical (unpaired) electrons. The van der Waals surface area contributed by atoms with Gasteiger partial charge < -0.3 is 25.2 Å². The molecule has 0 spiro atoms. The maximum Gasteiger partial charge on any atom is 0.193 e. The summed E-state index contributed by atoms with van der Waals surface area (Å²) >= 11 is 0. The second kappa shape index (κ2) is 10.8. The van der Waals surface area contributed by atoms with Crippen LogP contribution in [0.4, 0.5) is 0 Å². The molecule has 6 nitrogen and oxygen atoms in total. The zero-order valence-corrected chi connectivity index (χ0v) is 21.4. The van der Waals surface area contributed by atoms with Gasteiger partial charge in [-0.2, -0.15) is 0 Å². The van der Waals surface area contributed by atoms with Crippen molar-refractivity contribution in [1.29, 1.82) is 0 Å². The highest BCUT2D eigenvalue weighted by Gasteiger charge is 2.34. The zero-order valence-electron chi connectivity index (χ0n) is 21.4. The lowest BCUT2D eigenvalue weighted by Crippen LogP contribution is -2.32. The molecule has 2 aromatic rings. The Hall–Kier alpha value is -3.93. The summed E-state index contributed by atoms with van der Waals surface area (Å²) in [6, 6.07) is 4.19. The van der Waals surface area contributed by atoms with Gasteiger partial charge in [0.1, 0.15) is 28.4 Å². The maximum atomic E-state index is 13.4. The maximum absolute atomic E-state index is 13.4. The molecule has 0 aliphatic carbocycles. The number of ether oxygens (including phenoxy) is 1. The summed E-state index contributed by atoms with van der Waals surface area (Å²) in [4.78, 5) is 13.4. The Morgan fingerprint density at radius 3 is 2.31 bits per heavy atom. The van der Waals surface area contributed by atoms with Gasteiger partial charge in [-0.15, -0.1) is 0 Å². The third kappa shape index (κ3) is 6.00. The third-order valence-corrected chi connectivity index (χ3v) is 6.05. The first-order chi connectivity index (χ1) is 16.9. The van der Waals surface area contributed by atoms with Gasteiger partial charge in [-0.3, -0.25) is 4.79 Å². The highest BCUT2D eigenvalue weighted by Crippen LogP contribution is 2.48. The summed E-state index contributed by atoms with van der Waals surface area (Å²) in [5.41, 5.74) is 2.52. The smallest absolute Gasteiger partial charge is 0.193 e. The fourth-order valence-corrected chi connectivity index (χ4v) is 3.97. The predicted octanol–water partition coefficient (Wildman–Crippen LogP) is 6.82. The van der Waals surface area contributed by atoms with Gasteiger partial charge >= 0.3 is 0 Å². The Kier molecular flexibility index (Phi) is 7.98. The Morgan fingerprint density at radius 2 is 1.67 bits per heavy atom. The molecule has 190 valence electrons. The van der Waals surface area contributed by atoms with Crippen LogP contribution in [0.2, 0.25) is 0 Å². The van der Waals surface area contributed by atoms with Crippen LogP contribution in [0.3, 0.4) is 0 Å². The molecule has 1 aliphatic heterocycles. The second-order valence-electron chi connectivity index (χ2n) is 9.79. The molecular formula is C30H34O6. The van der Waals surface area contributed by atoms with Crippen LogP contribution < -0.4 is 4.74 Å². The number of aromatic hydroxyl groups is 4. The van der Waals surface area contributed by atoms with Crippen molar-refractivity contribution in [3.05, 3.63) is 75.9 Å². The van der Waals surface area contributed by atoms with Crippen molar-refractivity contribution >= 4 is 17.9 Å². The number of carbonyl (C=O) groups excluding carboxylic acids is 1. The van der Waals surface area contributed by atoms with E-state index in [2.05, 4.69) is 6.08 Å². The number of benzene rings is 2. The number of hydrogen-bond donors (Lipinski definition) is 4. The predicted molar refractivity (Wildman–Crippen MR) is 143 cm³/mol. The summed E-state index contributed by atoms with van der Waals surface area (Å²) in [7, 11) is 0. The van der Waals surface area contributed by atoms with Crippen LogP contribution in [0.1, 0.15) is 74.5 Å². The van der Waals surface area contributed by atoms with Crippen molar-refractivity contribution in [3.63, 3.8) is 0 Å². The summed E-state index contributed by atoms with van der Waals surface area (Å²) < 4.78 is 6.30. The van der Waals surface area contributed by atoms with E-state index in [1.807, 2.05) is 46.8 Å². The van der Waals surface area contributed by atoms with E-state index in [9.17, 15) is 25.2 Å². The van der Waals surface area contributed by atoms with Crippen LogP contribution in [-0.2, 0) is 6.42 Å². The number of carbonyl (C=O) groups is 1. The van der Waals surface area contributed by atoms with Gasteiger partial charge in [-0.05, 0) is 89.8 Å². The lowest BCUT2D eigenvalue weighted by Gasteiger charge is -2.33. The Morgan fingerprint density at radius 1 is 0.972 bits per heavy atom. The minimum atomic E-state index is -0.735. The summed E-state index contributed by atoms with van der Waals surface area (Å²) in [6.07, 6.45) is 12.0. The molecule has 0 saturated heterocycles. The number of hydrogen-bond acceptors (Lipinski definition) is 6. The molecule has 1 aliphatic rings. The van der Waals surface area contributed by atoms with E-state index in [0.29, 0.717) is 17.5 Å².